The number of carbonyl (C=O) groups excluding carboxylic acids is 1. The minimum Gasteiger partial charge on any atom is -0.480 e. The average molecular weight is 306 g/mol. The topological polar surface area (TPSA) is 96.2 Å². The van der Waals surface area contributed by atoms with Gasteiger partial charge in [0.05, 0.1) is 5.75 Å². The number of fused-ring (bicyclic) bond motifs is 1. The standard InChI is InChI=1S/C11H12N2O2.C4H6OS/c12-9(11(14)15)5-7-6-13-10-4-2-1-3-8(7)10;5-4-1-2-6-3-4/h1-4,6,9,13H,5,12H2,(H,14,15);1-3H2/t9-;/m1./s1. The fourth-order valence-electron chi connectivity index (χ4n) is 2.07. The first kappa shape index (κ1) is 15.6. The van der Waals surface area contributed by atoms with Crippen molar-refractivity contribution < 1.29 is 14.7 Å². The molecule has 4 N–H and O–H groups in total. The minimum atomic E-state index is -0.972. The van der Waals surface area contributed by atoms with Crippen LogP contribution in [0.3, 0.4) is 0 Å². The highest BCUT2D eigenvalue weighted by Gasteiger charge is 2.14. The largest absolute Gasteiger partial charge is 0.480 e. The van der Waals surface area contributed by atoms with E-state index in [1.54, 1.807) is 11.8 Å². The highest BCUT2D eigenvalue weighted by atomic mass is 32.2. The zero-order chi connectivity index (χ0) is 15.2. The molecule has 2 heterocycles. The van der Waals surface area contributed by atoms with Crippen molar-refractivity contribution in [1.29, 1.82) is 0 Å². The summed E-state index contributed by atoms with van der Waals surface area (Å²) in [7, 11) is 0. The average Bonchev–Trinajstić information content (AvgIpc) is 3.09. The van der Waals surface area contributed by atoms with E-state index in [2.05, 4.69) is 4.98 Å². The van der Waals surface area contributed by atoms with Gasteiger partial charge in [0.2, 0.25) is 0 Å². The number of hydrogen-bond acceptors (Lipinski definition) is 4. The van der Waals surface area contributed by atoms with Crippen LogP contribution in [0.15, 0.2) is 30.5 Å². The number of hydrogen-bond donors (Lipinski definition) is 3. The zero-order valence-corrected chi connectivity index (χ0v) is 12.4. The maximum atomic E-state index is 10.6. The normalized spacial score (nSPS) is 15.6. The van der Waals surface area contributed by atoms with Crippen molar-refractivity contribution in [1.82, 2.24) is 4.98 Å². The maximum Gasteiger partial charge on any atom is 0.320 e. The van der Waals surface area contributed by atoms with Crippen LogP contribution in [0.4, 0.5) is 0 Å². The lowest BCUT2D eigenvalue weighted by Crippen LogP contribution is -2.32. The number of aliphatic carboxylic acids is 1. The van der Waals surface area contributed by atoms with E-state index in [1.807, 2.05) is 30.5 Å². The maximum absolute atomic E-state index is 10.6. The van der Waals surface area contributed by atoms with E-state index >= 15 is 0 Å². The van der Waals surface area contributed by atoms with E-state index in [1.165, 1.54) is 0 Å². The van der Waals surface area contributed by atoms with Gasteiger partial charge in [-0.1, -0.05) is 18.2 Å². The number of nitrogens with one attached hydrogen (secondary N) is 1. The highest BCUT2D eigenvalue weighted by Crippen LogP contribution is 2.18. The molecule has 1 aliphatic heterocycles. The number of para-hydroxylation sites is 1. The third-order valence-corrected chi connectivity index (χ3v) is 4.24. The Morgan fingerprint density at radius 2 is 2.19 bits per heavy atom. The molecule has 0 aliphatic carbocycles. The second kappa shape index (κ2) is 7.28. The molecule has 5 nitrogen and oxygen atoms in total. The summed E-state index contributed by atoms with van der Waals surface area (Å²) in [6.45, 7) is 0. The molecule has 1 aliphatic rings. The molecule has 1 aromatic heterocycles. The Labute approximate surface area is 126 Å². The first-order chi connectivity index (χ1) is 10.1. The molecule has 0 bridgehead atoms. The SMILES string of the molecule is N[C@H](Cc1c[nH]c2ccccc12)C(=O)O.O=C1CCSC1. The van der Waals surface area contributed by atoms with E-state index < -0.39 is 12.0 Å². The smallest absolute Gasteiger partial charge is 0.320 e. The molecular formula is C15H18N2O3S. The van der Waals surface area contributed by atoms with Gasteiger partial charge >= 0.3 is 5.97 Å². The molecule has 3 rings (SSSR count). The quantitative estimate of drug-likeness (QED) is 0.803. The Balaban J connectivity index is 0.000000225. The minimum absolute atomic E-state index is 0.347. The highest BCUT2D eigenvalue weighted by molar-refractivity contribution is 8.00. The van der Waals surface area contributed by atoms with Crippen molar-refractivity contribution in [2.75, 3.05) is 11.5 Å². The Bertz CT molecular complexity index is 631. The van der Waals surface area contributed by atoms with Crippen molar-refractivity contribution in [3.05, 3.63) is 36.0 Å². The third kappa shape index (κ3) is 4.34. The first-order valence-corrected chi connectivity index (χ1v) is 7.86. The van der Waals surface area contributed by atoms with Crippen LogP contribution in [-0.4, -0.2) is 39.4 Å². The summed E-state index contributed by atoms with van der Waals surface area (Å²) in [5.41, 5.74) is 7.43. The van der Waals surface area contributed by atoms with Crippen LogP contribution in [-0.2, 0) is 16.0 Å². The summed E-state index contributed by atoms with van der Waals surface area (Å²) in [6.07, 6.45) is 2.97. The molecule has 0 spiro atoms. The Morgan fingerprint density at radius 3 is 2.76 bits per heavy atom. The number of H-pyrrole nitrogens is 1. The van der Waals surface area contributed by atoms with Gasteiger partial charge in [0.15, 0.2) is 0 Å². The number of aromatic nitrogens is 1. The predicted octanol–water partition coefficient (Wildman–Crippen LogP) is 1.81. The molecule has 0 radical (unpaired) electrons. The van der Waals surface area contributed by atoms with Gasteiger partial charge in [-0.2, -0.15) is 11.8 Å². The molecule has 1 saturated heterocycles. The second-order valence-corrected chi connectivity index (χ2v) is 5.95. The van der Waals surface area contributed by atoms with Crippen LogP contribution in [0.2, 0.25) is 0 Å². The number of carboxylic acid groups (broad SMARTS) is 1. The van der Waals surface area contributed by atoms with Crippen LogP contribution in [0, 0.1) is 0 Å². The summed E-state index contributed by atoms with van der Waals surface area (Å²) < 4.78 is 0. The summed E-state index contributed by atoms with van der Waals surface area (Å²) in [5, 5.41) is 9.75. The molecule has 6 heteroatoms. The lowest BCUT2D eigenvalue weighted by molar-refractivity contribution is -0.138. The van der Waals surface area contributed by atoms with Crippen molar-refractivity contribution in [3.63, 3.8) is 0 Å². The van der Waals surface area contributed by atoms with Crippen LogP contribution in [0.5, 0.6) is 0 Å². The Hall–Kier alpha value is -1.79. The number of ketones is 1. The number of aromatic amines is 1. The second-order valence-electron chi connectivity index (χ2n) is 4.85. The van der Waals surface area contributed by atoms with Gasteiger partial charge in [-0.3, -0.25) is 9.59 Å². The Morgan fingerprint density at radius 1 is 1.43 bits per heavy atom. The molecule has 0 amide bonds. The van der Waals surface area contributed by atoms with Crippen molar-refractivity contribution in [2.45, 2.75) is 18.9 Å². The number of carbonyl (C=O) groups is 2. The number of carboxylic acids is 1. The molecule has 1 atom stereocenters. The zero-order valence-electron chi connectivity index (χ0n) is 11.5. The molecule has 0 saturated carbocycles. The van der Waals surface area contributed by atoms with Gasteiger partial charge in [0.25, 0.3) is 0 Å². The van der Waals surface area contributed by atoms with E-state index in [4.69, 9.17) is 10.8 Å². The summed E-state index contributed by atoms with van der Waals surface area (Å²) in [4.78, 5) is 23.9. The van der Waals surface area contributed by atoms with Crippen LogP contribution < -0.4 is 5.73 Å². The van der Waals surface area contributed by atoms with Crippen molar-refractivity contribution in [2.24, 2.45) is 5.73 Å². The fraction of sp³-hybridized carbons (Fsp3) is 0.333. The van der Waals surface area contributed by atoms with E-state index in [0.717, 1.165) is 34.4 Å². The van der Waals surface area contributed by atoms with Crippen molar-refractivity contribution in [3.8, 4) is 0 Å². The molecule has 1 fully saturated rings. The lowest BCUT2D eigenvalue weighted by Gasteiger charge is -2.04. The predicted molar refractivity (Wildman–Crippen MR) is 84.6 cm³/mol. The van der Waals surface area contributed by atoms with Gasteiger partial charge in [-0.05, 0) is 11.6 Å². The molecule has 0 unspecified atom stereocenters. The molecule has 21 heavy (non-hydrogen) atoms. The van der Waals surface area contributed by atoms with Crippen LogP contribution >= 0.6 is 11.8 Å². The fourth-order valence-corrected chi connectivity index (χ4v) is 2.96. The summed E-state index contributed by atoms with van der Waals surface area (Å²) >= 11 is 1.73. The number of thioether (sulfide) groups is 1. The van der Waals surface area contributed by atoms with Crippen molar-refractivity contribution >= 4 is 34.4 Å². The number of nitrogens with two attached hydrogens (primary N) is 1. The monoisotopic (exact) mass is 306 g/mol. The van der Waals surface area contributed by atoms with Gasteiger partial charge in [0.1, 0.15) is 11.8 Å². The third-order valence-electron chi connectivity index (χ3n) is 3.22. The number of benzene rings is 1. The lowest BCUT2D eigenvalue weighted by atomic mass is 10.1. The molecule has 1 aromatic carbocycles. The Kier molecular flexibility index (Phi) is 5.41. The molecular weight excluding hydrogens is 288 g/mol. The van der Waals surface area contributed by atoms with E-state index in [-0.39, 0.29) is 0 Å². The summed E-state index contributed by atoms with van der Waals surface area (Å²) in [5.74, 6) is 1.26. The van der Waals surface area contributed by atoms with Crippen LogP contribution in [0.25, 0.3) is 10.9 Å². The van der Waals surface area contributed by atoms with Gasteiger partial charge < -0.3 is 15.8 Å². The molecule has 112 valence electrons. The first-order valence-electron chi connectivity index (χ1n) is 6.70. The van der Waals surface area contributed by atoms with Gasteiger partial charge in [-0.15, -0.1) is 0 Å². The number of Topliss-reactive ketones (excluding diaryl/α,β-unsaturated/α-hetero) is 1. The summed E-state index contributed by atoms with van der Waals surface area (Å²) in [6, 6.07) is 6.91. The van der Waals surface area contributed by atoms with Gasteiger partial charge in [0, 0.05) is 35.7 Å². The van der Waals surface area contributed by atoms with Crippen LogP contribution in [0.1, 0.15) is 12.0 Å². The van der Waals surface area contributed by atoms with E-state index in [9.17, 15) is 9.59 Å². The van der Waals surface area contributed by atoms with E-state index in [0.29, 0.717) is 12.2 Å². The number of rotatable bonds is 3. The van der Waals surface area contributed by atoms with Gasteiger partial charge in [-0.25, -0.2) is 0 Å². The molecule has 2 aromatic rings.